The molecule has 1 N–H and O–H groups in total. The highest BCUT2D eigenvalue weighted by Gasteiger charge is 2.20. The third-order valence-corrected chi connectivity index (χ3v) is 4.45. The number of methoxy groups -OCH3 is 1. The number of pyridine rings is 3. The van der Waals surface area contributed by atoms with Crippen molar-refractivity contribution in [2.75, 3.05) is 7.11 Å². The monoisotopic (exact) mass is 376 g/mol. The highest BCUT2D eigenvalue weighted by Crippen LogP contribution is 2.22. The average molecular weight is 376 g/mol. The zero-order valence-corrected chi connectivity index (χ0v) is 15.4. The van der Waals surface area contributed by atoms with Crippen molar-refractivity contribution in [2.24, 2.45) is 0 Å². The smallest absolute Gasteiger partial charge is 0.340 e. The Morgan fingerprint density at radius 3 is 2.57 bits per heavy atom. The number of aromatic amines is 1. The standard InChI is InChI=1S/C19H16N6O3/c1-10-14-13(15(11(2)21-10)18(27)28-3)6-9-25(17(14)26)19-22-16(23-24-19)12-4-7-20-8-5-12/h4-9H,1-3H3,(H,22,23,24). The van der Waals surface area contributed by atoms with E-state index in [-0.39, 0.29) is 17.1 Å². The summed E-state index contributed by atoms with van der Waals surface area (Å²) >= 11 is 0. The molecule has 0 atom stereocenters. The number of aromatic nitrogens is 6. The van der Waals surface area contributed by atoms with Crippen molar-refractivity contribution in [1.29, 1.82) is 0 Å². The van der Waals surface area contributed by atoms with Crippen LogP contribution in [0.4, 0.5) is 0 Å². The summed E-state index contributed by atoms with van der Waals surface area (Å²) < 4.78 is 6.16. The van der Waals surface area contributed by atoms with E-state index in [0.29, 0.717) is 28.0 Å². The number of H-pyrrole nitrogens is 1. The largest absolute Gasteiger partial charge is 0.465 e. The van der Waals surface area contributed by atoms with Crippen molar-refractivity contribution < 1.29 is 9.53 Å². The molecule has 0 aromatic carbocycles. The number of carbonyl (C=O) groups is 1. The number of rotatable bonds is 3. The molecule has 28 heavy (non-hydrogen) atoms. The van der Waals surface area contributed by atoms with E-state index in [0.717, 1.165) is 5.56 Å². The normalized spacial score (nSPS) is 11.0. The number of ether oxygens (including phenoxy) is 1. The second kappa shape index (κ2) is 6.69. The quantitative estimate of drug-likeness (QED) is 0.543. The molecule has 0 aliphatic rings. The van der Waals surface area contributed by atoms with Crippen molar-refractivity contribution in [3.8, 4) is 17.3 Å². The highest BCUT2D eigenvalue weighted by atomic mass is 16.5. The lowest BCUT2D eigenvalue weighted by atomic mass is 10.0. The van der Waals surface area contributed by atoms with Crippen LogP contribution in [-0.2, 0) is 4.74 Å². The van der Waals surface area contributed by atoms with Crippen LogP contribution in [0.5, 0.6) is 0 Å². The summed E-state index contributed by atoms with van der Waals surface area (Å²) in [5.41, 5.74) is 1.73. The molecule has 0 unspecified atom stereocenters. The van der Waals surface area contributed by atoms with Gasteiger partial charge in [0, 0.05) is 29.5 Å². The number of nitrogens with one attached hydrogen (secondary N) is 1. The molecule has 0 fully saturated rings. The van der Waals surface area contributed by atoms with Gasteiger partial charge in [0.1, 0.15) is 0 Å². The summed E-state index contributed by atoms with van der Waals surface area (Å²) in [6.07, 6.45) is 4.83. The Balaban J connectivity index is 1.91. The maximum atomic E-state index is 13.1. The van der Waals surface area contributed by atoms with Gasteiger partial charge in [-0.25, -0.2) is 4.79 Å². The lowest BCUT2D eigenvalue weighted by Gasteiger charge is -2.11. The zero-order valence-electron chi connectivity index (χ0n) is 15.4. The molecule has 0 spiro atoms. The molecule has 140 valence electrons. The first-order chi connectivity index (χ1) is 13.5. The van der Waals surface area contributed by atoms with E-state index >= 15 is 0 Å². The first-order valence-corrected chi connectivity index (χ1v) is 8.45. The van der Waals surface area contributed by atoms with Gasteiger partial charge in [0.25, 0.3) is 11.5 Å². The number of nitrogens with zero attached hydrogens (tertiary/aromatic N) is 5. The van der Waals surface area contributed by atoms with Crippen LogP contribution < -0.4 is 5.56 Å². The Bertz CT molecular complexity index is 1260. The summed E-state index contributed by atoms with van der Waals surface area (Å²) in [7, 11) is 1.29. The number of hydrogen-bond donors (Lipinski definition) is 1. The molecule has 0 saturated heterocycles. The molecule has 9 nitrogen and oxygen atoms in total. The molecule has 4 heterocycles. The lowest BCUT2D eigenvalue weighted by molar-refractivity contribution is 0.0601. The van der Waals surface area contributed by atoms with E-state index in [1.165, 1.54) is 17.9 Å². The van der Waals surface area contributed by atoms with Crippen LogP contribution in [-0.4, -0.2) is 42.8 Å². The van der Waals surface area contributed by atoms with Crippen molar-refractivity contribution in [3.63, 3.8) is 0 Å². The first-order valence-electron chi connectivity index (χ1n) is 8.45. The second-order valence-corrected chi connectivity index (χ2v) is 6.15. The fourth-order valence-corrected chi connectivity index (χ4v) is 3.17. The van der Waals surface area contributed by atoms with Crippen molar-refractivity contribution in [1.82, 2.24) is 29.7 Å². The summed E-state index contributed by atoms with van der Waals surface area (Å²) in [5, 5.41) is 7.78. The van der Waals surface area contributed by atoms with Crippen LogP contribution in [0.3, 0.4) is 0 Å². The predicted molar refractivity (Wildman–Crippen MR) is 101 cm³/mol. The zero-order chi connectivity index (χ0) is 19.8. The maximum Gasteiger partial charge on any atom is 0.340 e. The summed E-state index contributed by atoms with van der Waals surface area (Å²) in [6, 6.07) is 5.24. The highest BCUT2D eigenvalue weighted by molar-refractivity contribution is 6.05. The van der Waals surface area contributed by atoms with Crippen LogP contribution >= 0.6 is 0 Å². The Morgan fingerprint density at radius 2 is 1.86 bits per heavy atom. The van der Waals surface area contributed by atoms with E-state index in [9.17, 15) is 9.59 Å². The molecule has 0 aliphatic carbocycles. The van der Waals surface area contributed by atoms with Gasteiger partial charge in [0.15, 0.2) is 5.82 Å². The van der Waals surface area contributed by atoms with Crippen molar-refractivity contribution >= 4 is 16.7 Å². The molecule has 0 amide bonds. The van der Waals surface area contributed by atoms with E-state index in [1.54, 1.807) is 44.4 Å². The summed E-state index contributed by atoms with van der Waals surface area (Å²) in [5.74, 6) is 0.168. The van der Waals surface area contributed by atoms with Crippen LogP contribution in [0, 0.1) is 13.8 Å². The van der Waals surface area contributed by atoms with E-state index in [2.05, 4.69) is 25.1 Å². The Hall–Kier alpha value is -3.88. The fourth-order valence-electron chi connectivity index (χ4n) is 3.17. The van der Waals surface area contributed by atoms with Crippen LogP contribution in [0.25, 0.3) is 28.1 Å². The average Bonchev–Trinajstić information content (AvgIpc) is 3.18. The minimum absolute atomic E-state index is 0.193. The molecule has 4 aromatic heterocycles. The molecule has 4 rings (SSSR count). The predicted octanol–water partition coefficient (Wildman–Crippen LogP) is 1.97. The summed E-state index contributed by atoms with van der Waals surface area (Å²) in [4.78, 5) is 38.0. The maximum absolute atomic E-state index is 13.1. The van der Waals surface area contributed by atoms with Gasteiger partial charge in [-0.1, -0.05) is 0 Å². The van der Waals surface area contributed by atoms with Gasteiger partial charge < -0.3 is 4.74 Å². The number of fused-ring (bicyclic) bond motifs is 1. The van der Waals surface area contributed by atoms with Gasteiger partial charge in [-0.15, -0.1) is 5.10 Å². The number of hydrogen-bond acceptors (Lipinski definition) is 7. The van der Waals surface area contributed by atoms with Crippen LogP contribution in [0.1, 0.15) is 21.7 Å². The molecule has 0 aliphatic heterocycles. The van der Waals surface area contributed by atoms with Crippen molar-refractivity contribution in [3.05, 3.63) is 64.1 Å². The topological polar surface area (TPSA) is 116 Å². The Morgan fingerprint density at radius 1 is 1.11 bits per heavy atom. The van der Waals surface area contributed by atoms with Crippen LogP contribution in [0.2, 0.25) is 0 Å². The molecule has 9 heteroatoms. The van der Waals surface area contributed by atoms with Gasteiger partial charge >= 0.3 is 5.97 Å². The molecule has 4 aromatic rings. The van der Waals surface area contributed by atoms with Gasteiger partial charge in [-0.05, 0) is 32.0 Å². The molecular weight excluding hydrogens is 360 g/mol. The second-order valence-electron chi connectivity index (χ2n) is 6.15. The SMILES string of the molecule is COC(=O)c1c(C)nc(C)c2c(=O)n(-c3n[nH]c(-c4ccncc4)n3)ccc12. The van der Waals surface area contributed by atoms with Crippen LogP contribution in [0.15, 0.2) is 41.6 Å². The van der Waals surface area contributed by atoms with Gasteiger partial charge in [0.2, 0.25) is 0 Å². The van der Waals surface area contributed by atoms with E-state index < -0.39 is 5.97 Å². The minimum Gasteiger partial charge on any atom is -0.465 e. The molecular formula is C19H16N6O3. The van der Waals surface area contributed by atoms with Gasteiger partial charge in [-0.3, -0.25) is 24.4 Å². The first kappa shape index (κ1) is 17.5. The number of carbonyl (C=O) groups excluding carboxylic acids is 1. The minimum atomic E-state index is -0.537. The third kappa shape index (κ3) is 2.73. The molecule has 0 saturated carbocycles. The van der Waals surface area contributed by atoms with E-state index in [4.69, 9.17) is 4.74 Å². The van der Waals surface area contributed by atoms with Crippen molar-refractivity contribution in [2.45, 2.75) is 13.8 Å². The Labute approximate surface area is 159 Å². The van der Waals surface area contributed by atoms with Gasteiger partial charge in [0.05, 0.1) is 29.4 Å². The lowest BCUT2D eigenvalue weighted by Crippen LogP contribution is -2.21. The van der Waals surface area contributed by atoms with E-state index in [1.807, 2.05) is 0 Å². The number of esters is 1. The fraction of sp³-hybridized carbons (Fsp3) is 0.158. The molecule has 0 radical (unpaired) electrons. The summed E-state index contributed by atoms with van der Waals surface area (Å²) in [6.45, 7) is 3.43. The number of aryl methyl sites for hydroxylation is 2. The Kier molecular flexibility index (Phi) is 4.19. The van der Waals surface area contributed by atoms with Gasteiger partial charge in [-0.2, -0.15) is 4.98 Å². The molecule has 0 bridgehead atoms. The third-order valence-electron chi connectivity index (χ3n) is 4.45.